The first kappa shape index (κ1) is 18.7. The lowest BCUT2D eigenvalue weighted by atomic mass is 9.92. The molecule has 1 fully saturated rings. The highest BCUT2D eigenvalue weighted by Gasteiger charge is 2.39. The monoisotopic (exact) mass is 397 g/mol. The van der Waals surface area contributed by atoms with Crippen LogP contribution in [0.2, 0.25) is 0 Å². The van der Waals surface area contributed by atoms with Crippen molar-refractivity contribution in [3.05, 3.63) is 53.9 Å². The number of halogens is 1. The van der Waals surface area contributed by atoms with Crippen LogP contribution in [0.25, 0.3) is 0 Å². The van der Waals surface area contributed by atoms with Gasteiger partial charge in [-0.3, -0.25) is 4.68 Å². The maximum atomic E-state index is 12.4. The van der Waals surface area contributed by atoms with Crippen LogP contribution in [-0.2, 0) is 27.4 Å². The normalized spacial score (nSPS) is 20.3. The first-order chi connectivity index (χ1) is 12.3. The number of aromatic nitrogens is 2. The Balaban J connectivity index is 1.69. The largest absolute Gasteiger partial charge is 0.445 e. The van der Waals surface area contributed by atoms with Crippen molar-refractivity contribution in [2.45, 2.75) is 12.5 Å². The van der Waals surface area contributed by atoms with E-state index in [-0.39, 0.29) is 30.7 Å². The molecule has 7 nitrogen and oxygen atoms in total. The standard InChI is InChI=1S/C17H20ClN3O4S/c1-20-8-14(7-19-20)16-10-21(9-15(16)12-26(18,23)24)17(22)25-11-13-5-3-2-4-6-13/h2-8,15-16H,9-12H2,1H3. The van der Waals surface area contributed by atoms with Crippen molar-refractivity contribution in [1.82, 2.24) is 14.7 Å². The number of likely N-dealkylation sites (tertiary alicyclic amines) is 1. The molecule has 9 heteroatoms. The van der Waals surface area contributed by atoms with Crippen LogP contribution in [0.3, 0.4) is 0 Å². The molecule has 2 aromatic rings. The van der Waals surface area contributed by atoms with Gasteiger partial charge >= 0.3 is 6.09 Å². The number of rotatable bonds is 5. The van der Waals surface area contributed by atoms with Crippen LogP contribution in [0.4, 0.5) is 4.79 Å². The molecule has 0 saturated carbocycles. The summed E-state index contributed by atoms with van der Waals surface area (Å²) in [5.74, 6) is -0.649. The van der Waals surface area contributed by atoms with Gasteiger partial charge < -0.3 is 9.64 Å². The van der Waals surface area contributed by atoms with Crippen molar-refractivity contribution in [2.75, 3.05) is 18.8 Å². The van der Waals surface area contributed by atoms with Crippen molar-refractivity contribution in [3.8, 4) is 0 Å². The van der Waals surface area contributed by atoms with Crippen LogP contribution >= 0.6 is 10.7 Å². The Morgan fingerprint density at radius 1 is 1.31 bits per heavy atom. The van der Waals surface area contributed by atoms with E-state index < -0.39 is 15.1 Å². The third-order valence-corrected chi connectivity index (χ3v) is 5.67. The van der Waals surface area contributed by atoms with Gasteiger partial charge in [0.15, 0.2) is 0 Å². The van der Waals surface area contributed by atoms with Crippen LogP contribution in [0.5, 0.6) is 0 Å². The van der Waals surface area contributed by atoms with Crippen LogP contribution in [0.1, 0.15) is 17.0 Å². The fraction of sp³-hybridized carbons (Fsp3) is 0.412. The van der Waals surface area contributed by atoms with Gasteiger partial charge in [-0.05, 0) is 11.1 Å². The zero-order valence-electron chi connectivity index (χ0n) is 14.3. The minimum atomic E-state index is -3.68. The van der Waals surface area contributed by atoms with E-state index in [1.807, 2.05) is 36.5 Å². The molecule has 0 radical (unpaired) electrons. The Morgan fingerprint density at radius 3 is 2.65 bits per heavy atom. The molecule has 2 unspecified atom stereocenters. The Morgan fingerprint density at radius 2 is 2.04 bits per heavy atom. The fourth-order valence-corrected chi connectivity index (χ4v) is 4.60. The number of carbonyl (C=O) groups excluding carboxylic acids is 1. The molecule has 0 N–H and O–H groups in total. The second-order valence-electron chi connectivity index (χ2n) is 6.46. The molecule has 2 atom stereocenters. The number of nitrogens with zero attached hydrogens (tertiary/aromatic N) is 3. The van der Waals surface area contributed by atoms with E-state index >= 15 is 0 Å². The van der Waals surface area contributed by atoms with Crippen molar-refractivity contribution in [1.29, 1.82) is 0 Å². The highest BCUT2D eigenvalue weighted by molar-refractivity contribution is 8.13. The first-order valence-corrected chi connectivity index (χ1v) is 10.7. The van der Waals surface area contributed by atoms with Crippen LogP contribution in [0.15, 0.2) is 42.7 Å². The van der Waals surface area contributed by atoms with Crippen molar-refractivity contribution < 1.29 is 17.9 Å². The van der Waals surface area contributed by atoms with E-state index in [0.717, 1.165) is 11.1 Å². The molecule has 1 aliphatic rings. The van der Waals surface area contributed by atoms with Gasteiger partial charge in [0, 0.05) is 48.9 Å². The van der Waals surface area contributed by atoms with Gasteiger partial charge in [-0.25, -0.2) is 13.2 Å². The van der Waals surface area contributed by atoms with Gasteiger partial charge in [-0.2, -0.15) is 5.10 Å². The van der Waals surface area contributed by atoms with Crippen molar-refractivity contribution in [3.63, 3.8) is 0 Å². The molecule has 0 aliphatic carbocycles. The zero-order chi connectivity index (χ0) is 18.7. The molecule has 1 aromatic heterocycles. The van der Waals surface area contributed by atoms with Crippen LogP contribution < -0.4 is 0 Å². The highest BCUT2D eigenvalue weighted by atomic mass is 35.7. The van der Waals surface area contributed by atoms with E-state index in [2.05, 4.69) is 5.10 Å². The number of benzene rings is 1. The Kier molecular flexibility index (Phi) is 5.52. The number of hydrogen-bond donors (Lipinski definition) is 0. The molecule has 2 heterocycles. The van der Waals surface area contributed by atoms with Gasteiger partial charge in [-0.1, -0.05) is 30.3 Å². The van der Waals surface area contributed by atoms with E-state index in [1.54, 1.807) is 17.9 Å². The lowest BCUT2D eigenvalue weighted by Gasteiger charge is -2.16. The predicted molar refractivity (Wildman–Crippen MR) is 97.3 cm³/mol. The Labute approximate surface area is 156 Å². The fourth-order valence-electron chi connectivity index (χ4n) is 3.26. The van der Waals surface area contributed by atoms with Gasteiger partial charge in [0.2, 0.25) is 9.05 Å². The molecule has 140 valence electrons. The summed E-state index contributed by atoms with van der Waals surface area (Å²) in [6.45, 7) is 0.821. The number of amides is 1. The lowest BCUT2D eigenvalue weighted by molar-refractivity contribution is 0.103. The molecule has 1 amide bonds. The van der Waals surface area contributed by atoms with Crippen LogP contribution in [-0.4, -0.2) is 48.0 Å². The van der Waals surface area contributed by atoms with Crippen molar-refractivity contribution in [2.24, 2.45) is 13.0 Å². The van der Waals surface area contributed by atoms with E-state index in [0.29, 0.717) is 6.54 Å². The number of aryl methyl sites for hydroxylation is 1. The third kappa shape index (κ3) is 4.76. The summed E-state index contributed by atoms with van der Waals surface area (Å²) in [6.07, 6.45) is 3.06. The maximum absolute atomic E-state index is 12.4. The quantitative estimate of drug-likeness (QED) is 0.723. The van der Waals surface area contributed by atoms with Crippen LogP contribution in [0, 0.1) is 5.92 Å². The van der Waals surface area contributed by atoms with Gasteiger partial charge in [0.05, 0.1) is 11.9 Å². The van der Waals surface area contributed by atoms with Gasteiger partial charge in [0.25, 0.3) is 0 Å². The summed E-state index contributed by atoms with van der Waals surface area (Å²) in [5.41, 5.74) is 1.78. The number of hydrogen-bond acceptors (Lipinski definition) is 5. The summed E-state index contributed by atoms with van der Waals surface area (Å²) in [6, 6.07) is 9.39. The SMILES string of the molecule is Cn1cc(C2CN(C(=O)OCc3ccccc3)CC2CS(=O)(=O)Cl)cn1. The second kappa shape index (κ2) is 7.67. The molecular formula is C17H20ClN3O4S. The average Bonchev–Trinajstić information content (AvgIpc) is 3.18. The smallest absolute Gasteiger partial charge is 0.410 e. The summed E-state index contributed by atoms with van der Waals surface area (Å²) in [5, 5.41) is 4.14. The number of ether oxygens (including phenoxy) is 1. The molecular weight excluding hydrogens is 378 g/mol. The van der Waals surface area contributed by atoms with Gasteiger partial charge in [0.1, 0.15) is 6.61 Å². The third-order valence-electron chi connectivity index (χ3n) is 4.47. The zero-order valence-corrected chi connectivity index (χ0v) is 15.9. The minimum Gasteiger partial charge on any atom is -0.445 e. The molecule has 0 bridgehead atoms. The topological polar surface area (TPSA) is 81.5 Å². The Hall–Kier alpha value is -2.06. The minimum absolute atomic E-state index is 0.151. The van der Waals surface area contributed by atoms with E-state index in [9.17, 15) is 13.2 Å². The lowest BCUT2D eigenvalue weighted by Crippen LogP contribution is -2.30. The molecule has 1 saturated heterocycles. The molecule has 1 aromatic carbocycles. The highest BCUT2D eigenvalue weighted by Crippen LogP contribution is 2.34. The summed E-state index contributed by atoms with van der Waals surface area (Å²) < 4.78 is 30.1. The summed E-state index contributed by atoms with van der Waals surface area (Å²) in [7, 11) is 3.57. The second-order valence-corrected chi connectivity index (χ2v) is 9.29. The van der Waals surface area contributed by atoms with E-state index in [4.69, 9.17) is 15.4 Å². The first-order valence-electron chi connectivity index (χ1n) is 8.18. The maximum Gasteiger partial charge on any atom is 0.410 e. The van der Waals surface area contributed by atoms with Gasteiger partial charge in [-0.15, -0.1) is 0 Å². The molecule has 1 aliphatic heterocycles. The molecule has 26 heavy (non-hydrogen) atoms. The van der Waals surface area contributed by atoms with E-state index in [1.165, 1.54) is 4.90 Å². The average molecular weight is 398 g/mol. The molecule has 0 spiro atoms. The Bertz CT molecular complexity index is 869. The number of carbonyl (C=O) groups is 1. The summed E-state index contributed by atoms with van der Waals surface area (Å²) >= 11 is 0. The predicted octanol–water partition coefficient (Wildman–Crippen LogP) is 2.34. The summed E-state index contributed by atoms with van der Waals surface area (Å²) in [4.78, 5) is 13.9. The van der Waals surface area contributed by atoms with Crippen molar-refractivity contribution >= 4 is 25.8 Å². The molecule has 3 rings (SSSR count).